The summed E-state index contributed by atoms with van der Waals surface area (Å²) in [7, 11) is 3.17. The number of rotatable bonds is 5. The van der Waals surface area contributed by atoms with E-state index < -0.39 is 5.41 Å². The molecule has 0 spiro atoms. The van der Waals surface area contributed by atoms with Gasteiger partial charge in [0.2, 0.25) is 11.8 Å². The molecular weight excluding hydrogens is 388 g/mol. The van der Waals surface area contributed by atoms with Crippen molar-refractivity contribution < 1.29 is 19.1 Å². The first-order chi connectivity index (χ1) is 13.7. The van der Waals surface area contributed by atoms with Crippen LogP contribution in [0.25, 0.3) is 0 Å². The van der Waals surface area contributed by atoms with Gasteiger partial charge >= 0.3 is 0 Å². The third-order valence-corrected chi connectivity index (χ3v) is 5.86. The van der Waals surface area contributed by atoms with Crippen LogP contribution in [-0.2, 0) is 9.59 Å². The fourth-order valence-electron chi connectivity index (χ4n) is 2.96. The van der Waals surface area contributed by atoms with E-state index in [1.807, 2.05) is 57.2 Å². The molecule has 0 bridgehead atoms. The number of benzene rings is 2. The van der Waals surface area contributed by atoms with Gasteiger partial charge in [0.05, 0.1) is 25.7 Å². The monoisotopic (exact) mass is 414 g/mol. The Bertz CT molecular complexity index is 906. The van der Waals surface area contributed by atoms with Crippen molar-refractivity contribution in [3.05, 3.63) is 48.0 Å². The average molecular weight is 415 g/mol. The van der Waals surface area contributed by atoms with Crippen molar-refractivity contribution in [2.24, 2.45) is 5.41 Å². The minimum Gasteiger partial charge on any atom is -0.497 e. The number of nitrogens with zero attached hydrogens (tertiary/aromatic N) is 1. The summed E-state index contributed by atoms with van der Waals surface area (Å²) in [5.41, 5.74) is 1.95. The van der Waals surface area contributed by atoms with Crippen LogP contribution >= 0.6 is 11.8 Å². The van der Waals surface area contributed by atoms with Crippen LogP contribution < -0.4 is 19.7 Å². The highest BCUT2D eigenvalue weighted by atomic mass is 32.2. The third kappa shape index (κ3) is 4.50. The van der Waals surface area contributed by atoms with Crippen LogP contribution in [0, 0.1) is 5.41 Å². The SMILES string of the molecule is COc1ccc(N2C(=O)CSC2c2ccc(NC(=O)C(C)(C)C)cc2)c(OC)c1. The fraction of sp³-hybridized carbons (Fsp3) is 0.364. The molecule has 1 heterocycles. The van der Waals surface area contributed by atoms with Gasteiger partial charge in [-0.05, 0) is 29.8 Å². The summed E-state index contributed by atoms with van der Waals surface area (Å²) in [6.07, 6.45) is 0. The molecule has 1 fully saturated rings. The van der Waals surface area contributed by atoms with Crippen LogP contribution in [0.1, 0.15) is 31.7 Å². The molecule has 1 aliphatic heterocycles. The molecule has 0 aliphatic carbocycles. The van der Waals surface area contributed by atoms with Gasteiger partial charge in [-0.15, -0.1) is 11.8 Å². The van der Waals surface area contributed by atoms with Crippen molar-refractivity contribution >= 4 is 35.0 Å². The Balaban J connectivity index is 1.87. The Hall–Kier alpha value is -2.67. The third-order valence-electron chi connectivity index (χ3n) is 4.65. The predicted molar refractivity (Wildman–Crippen MR) is 117 cm³/mol. The summed E-state index contributed by atoms with van der Waals surface area (Å²) >= 11 is 1.56. The molecule has 1 saturated heterocycles. The van der Waals surface area contributed by atoms with Gasteiger partial charge in [-0.3, -0.25) is 14.5 Å². The lowest BCUT2D eigenvalue weighted by Gasteiger charge is -2.26. The smallest absolute Gasteiger partial charge is 0.238 e. The fourth-order valence-corrected chi connectivity index (χ4v) is 4.13. The molecule has 1 N–H and O–H groups in total. The average Bonchev–Trinajstić information content (AvgIpc) is 3.08. The molecule has 154 valence electrons. The second kappa shape index (κ2) is 8.37. The first-order valence-electron chi connectivity index (χ1n) is 9.31. The second-order valence-electron chi connectivity index (χ2n) is 7.79. The molecule has 1 unspecified atom stereocenters. The first-order valence-corrected chi connectivity index (χ1v) is 10.4. The molecule has 0 aromatic heterocycles. The molecule has 2 aromatic carbocycles. The van der Waals surface area contributed by atoms with Crippen molar-refractivity contribution in [2.75, 3.05) is 30.2 Å². The first kappa shape index (κ1) is 21.0. The second-order valence-corrected chi connectivity index (χ2v) is 8.86. The number of ether oxygens (including phenoxy) is 2. The summed E-state index contributed by atoms with van der Waals surface area (Å²) < 4.78 is 10.8. The summed E-state index contributed by atoms with van der Waals surface area (Å²) in [5, 5.41) is 2.75. The molecular formula is C22H26N2O4S. The van der Waals surface area contributed by atoms with Crippen LogP contribution in [0.3, 0.4) is 0 Å². The van der Waals surface area contributed by atoms with E-state index in [-0.39, 0.29) is 17.2 Å². The number of methoxy groups -OCH3 is 2. The summed E-state index contributed by atoms with van der Waals surface area (Å²) in [4.78, 5) is 26.6. The summed E-state index contributed by atoms with van der Waals surface area (Å²) in [6.45, 7) is 5.62. The van der Waals surface area contributed by atoms with E-state index in [4.69, 9.17) is 9.47 Å². The van der Waals surface area contributed by atoms with E-state index in [1.165, 1.54) is 0 Å². The van der Waals surface area contributed by atoms with Crippen LogP contribution in [0.5, 0.6) is 11.5 Å². The molecule has 7 heteroatoms. The molecule has 3 rings (SSSR count). The maximum Gasteiger partial charge on any atom is 0.238 e. The summed E-state index contributed by atoms with van der Waals surface area (Å²) in [5.74, 6) is 1.62. The highest BCUT2D eigenvalue weighted by Gasteiger charge is 2.35. The van der Waals surface area contributed by atoms with Gasteiger partial charge in [-0.2, -0.15) is 0 Å². The van der Waals surface area contributed by atoms with Crippen LogP contribution in [0.4, 0.5) is 11.4 Å². The lowest BCUT2D eigenvalue weighted by molar-refractivity contribution is -0.123. The zero-order valence-electron chi connectivity index (χ0n) is 17.3. The normalized spacial score (nSPS) is 16.7. The molecule has 29 heavy (non-hydrogen) atoms. The van der Waals surface area contributed by atoms with Crippen molar-refractivity contribution in [1.82, 2.24) is 0 Å². The molecule has 1 aliphatic rings. The zero-order chi connectivity index (χ0) is 21.2. The van der Waals surface area contributed by atoms with Gasteiger partial charge in [0.1, 0.15) is 16.9 Å². The molecule has 2 aromatic rings. The highest BCUT2D eigenvalue weighted by molar-refractivity contribution is 8.00. The number of hydrogen-bond acceptors (Lipinski definition) is 5. The Morgan fingerprint density at radius 1 is 1.10 bits per heavy atom. The van der Waals surface area contributed by atoms with Crippen molar-refractivity contribution in [3.63, 3.8) is 0 Å². The molecule has 0 radical (unpaired) electrons. The predicted octanol–water partition coefficient (Wildman–Crippen LogP) is 4.47. The van der Waals surface area contributed by atoms with Gasteiger partial charge in [0.25, 0.3) is 0 Å². The maximum absolute atomic E-state index is 12.7. The van der Waals surface area contributed by atoms with Gasteiger partial charge in [-0.1, -0.05) is 32.9 Å². The largest absolute Gasteiger partial charge is 0.497 e. The standard InChI is InChI=1S/C22H26N2O4S/c1-22(2,3)21(26)23-15-8-6-14(7-9-15)20-24(19(25)13-29-20)17-11-10-16(27-4)12-18(17)28-5/h6-12,20H,13H2,1-5H3,(H,23,26). The van der Waals surface area contributed by atoms with E-state index in [2.05, 4.69) is 5.32 Å². The number of thioether (sulfide) groups is 1. The van der Waals surface area contributed by atoms with Crippen molar-refractivity contribution in [2.45, 2.75) is 26.1 Å². The number of hydrogen-bond donors (Lipinski definition) is 1. The number of anilines is 2. The zero-order valence-corrected chi connectivity index (χ0v) is 18.1. The van der Waals surface area contributed by atoms with Gasteiger partial charge in [-0.25, -0.2) is 0 Å². The van der Waals surface area contributed by atoms with Crippen molar-refractivity contribution in [1.29, 1.82) is 0 Å². The Morgan fingerprint density at radius 2 is 1.79 bits per heavy atom. The van der Waals surface area contributed by atoms with E-state index in [9.17, 15) is 9.59 Å². The molecule has 2 amide bonds. The van der Waals surface area contributed by atoms with Crippen LogP contribution in [0.2, 0.25) is 0 Å². The summed E-state index contributed by atoms with van der Waals surface area (Å²) in [6, 6.07) is 13.0. The van der Waals surface area contributed by atoms with E-state index in [0.717, 1.165) is 11.3 Å². The number of nitrogens with one attached hydrogen (secondary N) is 1. The van der Waals surface area contributed by atoms with Crippen molar-refractivity contribution in [3.8, 4) is 11.5 Å². The van der Waals surface area contributed by atoms with Gasteiger partial charge in [0.15, 0.2) is 0 Å². The lowest BCUT2D eigenvalue weighted by atomic mass is 9.95. The lowest BCUT2D eigenvalue weighted by Crippen LogP contribution is -2.28. The topological polar surface area (TPSA) is 67.9 Å². The maximum atomic E-state index is 12.7. The van der Waals surface area contributed by atoms with Crippen LogP contribution in [-0.4, -0.2) is 31.8 Å². The Labute approximate surface area is 175 Å². The molecule has 6 nitrogen and oxygen atoms in total. The minimum absolute atomic E-state index is 0.0218. The van der Waals surface area contributed by atoms with Gasteiger partial charge in [0, 0.05) is 17.2 Å². The van der Waals surface area contributed by atoms with E-state index in [1.54, 1.807) is 36.9 Å². The number of carbonyl (C=O) groups is 2. The Morgan fingerprint density at radius 3 is 2.38 bits per heavy atom. The number of amides is 2. The quantitative estimate of drug-likeness (QED) is 0.782. The molecule has 1 atom stereocenters. The van der Waals surface area contributed by atoms with Crippen LogP contribution in [0.15, 0.2) is 42.5 Å². The highest BCUT2D eigenvalue weighted by Crippen LogP contribution is 2.45. The van der Waals surface area contributed by atoms with Gasteiger partial charge < -0.3 is 14.8 Å². The Kier molecular flexibility index (Phi) is 6.07. The minimum atomic E-state index is -0.464. The number of carbonyl (C=O) groups excluding carboxylic acids is 2. The van der Waals surface area contributed by atoms with E-state index in [0.29, 0.717) is 22.9 Å². The molecule has 0 saturated carbocycles. The van der Waals surface area contributed by atoms with E-state index >= 15 is 0 Å².